The van der Waals surface area contributed by atoms with Crippen molar-refractivity contribution in [3.05, 3.63) is 51.7 Å². The highest BCUT2D eigenvalue weighted by molar-refractivity contribution is 7.89. The molecule has 4 rings (SSSR count). The van der Waals surface area contributed by atoms with E-state index in [1.807, 2.05) is 23.5 Å². The normalized spacial score (nSPS) is 20.2. The van der Waals surface area contributed by atoms with E-state index in [1.54, 1.807) is 16.4 Å². The third-order valence-corrected chi connectivity index (χ3v) is 8.68. The van der Waals surface area contributed by atoms with Crippen LogP contribution >= 0.6 is 11.3 Å². The summed E-state index contributed by atoms with van der Waals surface area (Å²) in [6.45, 7) is 5.44. The van der Waals surface area contributed by atoms with Gasteiger partial charge in [0, 0.05) is 37.1 Å². The number of hydrogen-bond acceptors (Lipinski definition) is 4. The molecule has 26 heavy (non-hydrogen) atoms. The second-order valence-electron chi connectivity index (χ2n) is 7.22. The molecule has 1 aromatic carbocycles. The maximum Gasteiger partial charge on any atom is 0.243 e. The molecule has 2 aliphatic heterocycles. The van der Waals surface area contributed by atoms with E-state index in [4.69, 9.17) is 0 Å². The molecule has 3 heterocycles. The summed E-state index contributed by atoms with van der Waals surface area (Å²) in [4.78, 5) is 4.50. The predicted octanol–water partition coefficient (Wildman–Crippen LogP) is 3.52. The first-order valence-electron chi connectivity index (χ1n) is 9.46. The molecule has 1 saturated heterocycles. The van der Waals surface area contributed by atoms with Gasteiger partial charge in [0.05, 0.1) is 4.90 Å². The second kappa shape index (κ2) is 7.43. The largest absolute Gasteiger partial charge is 0.296 e. The highest BCUT2D eigenvalue weighted by atomic mass is 32.2. The van der Waals surface area contributed by atoms with Crippen molar-refractivity contribution >= 4 is 21.4 Å². The molecule has 0 N–H and O–H groups in total. The molecule has 0 radical (unpaired) electrons. The molecule has 2 aliphatic rings. The van der Waals surface area contributed by atoms with Crippen molar-refractivity contribution in [1.82, 2.24) is 9.21 Å². The van der Waals surface area contributed by atoms with Crippen molar-refractivity contribution in [2.24, 2.45) is 0 Å². The summed E-state index contributed by atoms with van der Waals surface area (Å²) in [7, 11) is -3.36. The Balaban J connectivity index is 1.40. The zero-order valence-electron chi connectivity index (χ0n) is 15.2. The topological polar surface area (TPSA) is 40.6 Å². The standard InChI is InChI=1S/C20H26N2O2S2/c1-2-16-3-5-19(6-4-16)26(23,24)22-12-7-18(8-13-22)21-11-9-20-17(15-21)10-14-25-20/h3-6,10,14,18H,2,7-9,11-13,15H2,1H3. The van der Waals surface area contributed by atoms with Crippen LogP contribution in [0.1, 0.15) is 35.8 Å². The van der Waals surface area contributed by atoms with E-state index in [1.165, 1.54) is 16.0 Å². The third kappa shape index (κ3) is 3.48. The number of rotatable bonds is 4. The Morgan fingerprint density at radius 1 is 1.08 bits per heavy atom. The number of sulfonamides is 1. The van der Waals surface area contributed by atoms with Crippen LogP contribution in [-0.2, 0) is 29.4 Å². The van der Waals surface area contributed by atoms with Crippen LogP contribution in [0.5, 0.6) is 0 Å². The Hall–Kier alpha value is -1.21. The van der Waals surface area contributed by atoms with Crippen molar-refractivity contribution in [3.63, 3.8) is 0 Å². The fourth-order valence-corrected chi connectivity index (χ4v) is 6.44. The molecule has 140 valence electrons. The molecule has 4 nitrogen and oxygen atoms in total. The van der Waals surface area contributed by atoms with Crippen LogP contribution in [0.15, 0.2) is 40.6 Å². The lowest BCUT2D eigenvalue weighted by Gasteiger charge is -2.39. The maximum atomic E-state index is 12.9. The van der Waals surface area contributed by atoms with E-state index in [2.05, 4.69) is 23.3 Å². The van der Waals surface area contributed by atoms with Gasteiger partial charge in [0.1, 0.15) is 0 Å². The van der Waals surface area contributed by atoms with E-state index in [0.29, 0.717) is 24.0 Å². The van der Waals surface area contributed by atoms with E-state index in [0.717, 1.165) is 38.8 Å². The van der Waals surface area contributed by atoms with Gasteiger partial charge in [0.15, 0.2) is 0 Å². The summed E-state index contributed by atoms with van der Waals surface area (Å²) in [5, 5.41) is 2.19. The van der Waals surface area contributed by atoms with Gasteiger partial charge in [-0.1, -0.05) is 19.1 Å². The lowest BCUT2D eigenvalue weighted by molar-refractivity contribution is 0.127. The Labute approximate surface area is 160 Å². The average Bonchev–Trinajstić information content (AvgIpc) is 3.16. The van der Waals surface area contributed by atoms with Crippen molar-refractivity contribution in [1.29, 1.82) is 0 Å². The van der Waals surface area contributed by atoms with Crippen LogP contribution in [0.3, 0.4) is 0 Å². The molecule has 0 saturated carbocycles. The Morgan fingerprint density at radius 2 is 1.81 bits per heavy atom. The smallest absolute Gasteiger partial charge is 0.243 e. The predicted molar refractivity (Wildman–Crippen MR) is 106 cm³/mol. The highest BCUT2D eigenvalue weighted by Crippen LogP contribution is 2.29. The first-order valence-corrected chi connectivity index (χ1v) is 11.8. The lowest BCUT2D eigenvalue weighted by Crippen LogP contribution is -2.47. The molecule has 0 atom stereocenters. The number of hydrogen-bond donors (Lipinski definition) is 0. The molecular weight excluding hydrogens is 364 g/mol. The Morgan fingerprint density at radius 3 is 2.50 bits per heavy atom. The third-order valence-electron chi connectivity index (χ3n) is 5.75. The van der Waals surface area contributed by atoms with E-state index in [-0.39, 0.29) is 0 Å². The maximum absolute atomic E-state index is 12.9. The molecule has 1 aromatic heterocycles. The molecule has 0 unspecified atom stereocenters. The molecule has 0 aliphatic carbocycles. The van der Waals surface area contributed by atoms with Crippen LogP contribution in [0.25, 0.3) is 0 Å². The van der Waals surface area contributed by atoms with Gasteiger partial charge in [-0.05, 0) is 60.4 Å². The Kier molecular flexibility index (Phi) is 5.19. The minimum absolute atomic E-state index is 0.425. The van der Waals surface area contributed by atoms with Gasteiger partial charge < -0.3 is 0 Å². The monoisotopic (exact) mass is 390 g/mol. The molecule has 1 fully saturated rings. The van der Waals surface area contributed by atoms with Gasteiger partial charge in [-0.25, -0.2) is 8.42 Å². The minimum Gasteiger partial charge on any atom is -0.296 e. The van der Waals surface area contributed by atoms with Crippen LogP contribution < -0.4 is 0 Å². The lowest BCUT2D eigenvalue weighted by atomic mass is 10.0. The van der Waals surface area contributed by atoms with E-state index < -0.39 is 10.0 Å². The molecule has 0 bridgehead atoms. The zero-order chi connectivity index (χ0) is 18.1. The SMILES string of the molecule is CCc1ccc(S(=O)(=O)N2CCC(N3CCc4sccc4C3)CC2)cc1. The second-order valence-corrected chi connectivity index (χ2v) is 10.2. The molecule has 0 spiro atoms. The summed E-state index contributed by atoms with van der Waals surface area (Å²) in [5.74, 6) is 0. The number of thiophene rings is 1. The first-order chi connectivity index (χ1) is 12.6. The number of piperidine rings is 1. The summed E-state index contributed by atoms with van der Waals surface area (Å²) in [6, 6.07) is 10.1. The average molecular weight is 391 g/mol. The minimum atomic E-state index is -3.36. The van der Waals surface area contributed by atoms with E-state index in [9.17, 15) is 8.42 Å². The highest BCUT2D eigenvalue weighted by Gasteiger charge is 2.32. The van der Waals surface area contributed by atoms with Crippen molar-refractivity contribution in [3.8, 4) is 0 Å². The van der Waals surface area contributed by atoms with Gasteiger partial charge >= 0.3 is 0 Å². The summed E-state index contributed by atoms with van der Waals surface area (Å²) < 4.78 is 27.5. The fraction of sp³-hybridized carbons (Fsp3) is 0.500. The van der Waals surface area contributed by atoms with Crippen LogP contribution in [-0.4, -0.2) is 43.3 Å². The van der Waals surface area contributed by atoms with Gasteiger partial charge in [0.25, 0.3) is 0 Å². The fourth-order valence-electron chi connectivity index (χ4n) is 4.08. The van der Waals surface area contributed by atoms with E-state index >= 15 is 0 Å². The number of nitrogens with zero attached hydrogens (tertiary/aromatic N) is 2. The van der Waals surface area contributed by atoms with Gasteiger partial charge in [-0.2, -0.15) is 4.31 Å². The molecule has 2 aromatic rings. The zero-order valence-corrected chi connectivity index (χ0v) is 16.9. The van der Waals surface area contributed by atoms with Crippen LogP contribution in [0, 0.1) is 0 Å². The van der Waals surface area contributed by atoms with Gasteiger partial charge in [0.2, 0.25) is 10.0 Å². The number of fused-ring (bicyclic) bond motifs is 1. The number of benzene rings is 1. The Bertz CT molecular complexity index is 850. The van der Waals surface area contributed by atoms with Crippen molar-refractivity contribution in [2.75, 3.05) is 19.6 Å². The van der Waals surface area contributed by atoms with Crippen LogP contribution in [0.4, 0.5) is 0 Å². The van der Waals surface area contributed by atoms with Crippen molar-refractivity contribution in [2.45, 2.75) is 50.1 Å². The quantitative estimate of drug-likeness (QED) is 0.802. The molecule has 0 amide bonds. The van der Waals surface area contributed by atoms with Crippen LogP contribution in [0.2, 0.25) is 0 Å². The molecular formula is C20H26N2O2S2. The number of aryl methyl sites for hydroxylation is 1. The molecule has 6 heteroatoms. The first kappa shape index (κ1) is 18.2. The summed E-state index contributed by atoms with van der Waals surface area (Å²) >= 11 is 1.86. The van der Waals surface area contributed by atoms with Gasteiger partial charge in [-0.15, -0.1) is 11.3 Å². The van der Waals surface area contributed by atoms with Crippen molar-refractivity contribution < 1.29 is 8.42 Å². The summed E-state index contributed by atoms with van der Waals surface area (Å²) in [6.07, 6.45) is 3.90. The van der Waals surface area contributed by atoms with Gasteiger partial charge in [-0.3, -0.25) is 4.90 Å². The summed E-state index contributed by atoms with van der Waals surface area (Å²) in [5.41, 5.74) is 2.63.